The second-order valence-electron chi connectivity index (χ2n) is 6.62. The molecule has 0 bridgehead atoms. The maximum absolute atomic E-state index is 12.9. The van der Waals surface area contributed by atoms with Crippen molar-refractivity contribution in [3.8, 4) is 0 Å². The van der Waals surface area contributed by atoms with Gasteiger partial charge in [-0.15, -0.1) is 0 Å². The van der Waals surface area contributed by atoms with Crippen LogP contribution in [0.15, 0.2) is 59.5 Å². The van der Waals surface area contributed by atoms with Crippen LogP contribution in [0.3, 0.4) is 0 Å². The molecule has 2 aromatic rings. The Morgan fingerprint density at radius 2 is 1.78 bits per heavy atom. The van der Waals surface area contributed by atoms with Crippen LogP contribution >= 0.6 is 0 Å². The molecule has 0 atom stereocenters. The number of rotatable bonds is 9. The second kappa shape index (κ2) is 9.64. The number of nitrogens with two attached hydrogens (primary N) is 1. The first-order valence-corrected chi connectivity index (χ1v) is 10.5. The summed E-state index contributed by atoms with van der Waals surface area (Å²) >= 11 is 0. The smallest absolute Gasteiger partial charge is 0.253 e. The van der Waals surface area contributed by atoms with Crippen LogP contribution < -0.4 is 10.5 Å². The highest BCUT2D eigenvalue weighted by atomic mass is 32.2. The van der Waals surface area contributed by atoms with Crippen LogP contribution in [-0.4, -0.2) is 44.9 Å². The highest BCUT2D eigenvalue weighted by Gasteiger charge is 2.20. The van der Waals surface area contributed by atoms with E-state index in [9.17, 15) is 13.2 Å². The van der Waals surface area contributed by atoms with E-state index in [1.54, 1.807) is 30.9 Å². The molecule has 6 nitrogen and oxygen atoms in total. The van der Waals surface area contributed by atoms with Gasteiger partial charge in [-0.05, 0) is 44.0 Å². The first kappa shape index (κ1) is 21.1. The van der Waals surface area contributed by atoms with E-state index in [1.807, 2.05) is 30.3 Å². The van der Waals surface area contributed by atoms with Crippen molar-refractivity contribution in [2.24, 2.45) is 5.73 Å². The van der Waals surface area contributed by atoms with E-state index in [4.69, 9.17) is 5.73 Å². The summed E-state index contributed by atoms with van der Waals surface area (Å²) in [5, 5.41) is 0. The fourth-order valence-corrected chi connectivity index (χ4v) is 4.03. The summed E-state index contributed by atoms with van der Waals surface area (Å²) in [4.78, 5) is 14.7. The zero-order chi connectivity index (χ0) is 19.9. The van der Waals surface area contributed by atoms with Gasteiger partial charge >= 0.3 is 0 Å². The quantitative estimate of drug-likeness (QED) is 0.686. The summed E-state index contributed by atoms with van der Waals surface area (Å²) < 4.78 is 27.3. The highest BCUT2D eigenvalue weighted by molar-refractivity contribution is 7.89. The van der Waals surface area contributed by atoms with Gasteiger partial charge in [-0.3, -0.25) is 4.79 Å². The molecule has 0 aliphatic rings. The van der Waals surface area contributed by atoms with Crippen LogP contribution in [0.1, 0.15) is 29.8 Å². The molecule has 27 heavy (non-hydrogen) atoms. The summed E-state index contributed by atoms with van der Waals surface area (Å²) in [7, 11) is -3.65. The van der Waals surface area contributed by atoms with Crippen LogP contribution in [0.2, 0.25) is 0 Å². The van der Waals surface area contributed by atoms with E-state index in [1.165, 1.54) is 12.1 Å². The molecule has 0 heterocycles. The molecule has 1 amide bonds. The Hall–Kier alpha value is -2.22. The summed E-state index contributed by atoms with van der Waals surface area (Å²) in [6.07, 6.45) is 0.708. The zero-order valence-electron chi connectivity index (χ0n) is 15.8. The fraction of sp³-hybridized carbons (Fsp3) is 0.350. The monoisotopic (exact) mass is 389 g/mol. The van der Waals surface area contributed by atoms with Gasteiger partial charge in [0.25, 0.3) is 5.91 Å². The normalized spacial score (nSPS) is 11.6. The van der Waals surface area contributed by atoms with Crippen molar-refractivity contribution in [1.82, 2.24) is 9.62 Å². The maximum Gasteiger partial charge on any atom is 0.253 e. The molecule has 0 aliphatic heterocycles. The van der Waals surface area contributed by atoms with E-state index in [-0.39, 0.29) is 16.8 Å². The van der Waals surface area contributed by atoms with Crippen molar-refractivity contribution in [3.63, 3.8) is 0 Å². The average molecular weight is 390 g/mol. The van der Waals surface area contributed by atoms with Gasteiger partial charge in [0.05, 0.1) is 4.90 Å². The zero-order valence-corrected chi connectivity index (χ0v) is 16.6. The number of benzene rings is 2. The molecule has 7 heteroatoms. The summed E-state index contributed by atoms with van der Waals surface area (Å²) in [6.45, 7) is 4.76. The molecular weight excluding hydrogens is 362 g/mol. The molecule has 2 rings (SSSR count). The van der Waals surface area contributed by atoms with Crippen LogP contribution in [0.5, 0.6) is 0 Å². The van der Waals surface area contributed by atoms with Gasteiger partial charge in [0.1, 0.15) is 0 Å². The minimum absolute atomic E-state index is 0.0813. The molecule has 0 saturated heterocycles. The number of nitrogens with one attached hydrogen (secondary N) is 1. The van der Waals surface area contributed by atoms with Crippen molar-refractivity contribution in [2.75, 3.05) is 19.6 Å². The number of hydrogen-bond acceptors (Lipinski definition) is 4. The first-order chi connectivity index (χ1) is 12.8. The predicted molar refractivity (Wildman–Crippen MR) is 107 cm³/mol. The number of nitrogens with zero attached hydrogens (tertiary/aromatic N) is 1. The Labute approximate surface area is 161 Å². The molecule has 0 aromatic heterocycles. The molecule has 0 unspecified atom stereocenters. The Morgan fingerprint density at radius 3 is 2.41 bits per heavy atom. The Bertz CT molecular complexity index is 852. The first-order valence-electron chi connectivity index (χ1n) is 8.99. The number of amides is 1. The molecule has 3 N–H and O–H groups in total. The highest BCUT2D eigenvalue weighted by Crippen LogP contribution is 2.14. The summed E-state index contributed by atoms with van der Waals surface area (Å²) in [5.41, 5.74) is 7.13. The molecule has 0 radical (unpaired) electrons. The van der Waals surface area contributed by atoms with Crippen molar-refractivity contribution in [3.05, 3.63) is 65.7 Å². The van der Waals surface area contributed by atoms with E-state index in [2.05, 4.69) is 4.72 Å². The lowest BCUT2D eigenvalue weighted by atomic mass is 10.1. The molecule has 2 aromatic carbocycles. The molecule has 0 aliphatic carbocycles. The Kier molecular flexibility index (Phi) is 7.53. The van der Waals surface area contributed by atoms with Crippen LogP contribution in [0, 0.1) is 0 Å². The van der Waals surface area contributed by atoms with E-state index < -0.39 is 10.0 Å². The predicted octanol–water partition coefficient (Wildman–Crippen LogP) is 2.02. The fourth-order valence-electron chi connectivity index (χ4n) is 2.74. The van der Waals surface area contributed by atoms with Crippen molar-refractivity contribution in [2.45, 2.75) is 31.2 Å². The lowest BCUT2D eigenvalue weighted by Gasteiger charge is -2.22. The third-order valence-corrected chi connectivity index (χ3v) is 5.64. The Balaban J connectivity index is 2.18. The van der Waals surface area contributed by atoms with Crippen molar-refractivity contribution >= 4 is 15.9 Å². The van der Waals surface area contributed by atoms with E-state index >= 15 is 0 Å². The number of carbonyl (C=O) groups is 1. The van der Waals surface area contributed by atoms with Crippen LogP contribution in [0.25, 0.3) is 0 Å². The molecule has 0 fully saturated rings. The number of sulfonamides is 1. The molecular formula is C20H27N3O3S. The van der Waals surface area contributed by atoms with Gasteiger partial charge in [0.2, 0.25) is 10.0 Å². The minimum atomic E-state index is -3.65. The van der Waals surface area contributed by atoms with E-state index in [0.29, 0.717) is 31.6 Å². The maximum atomic E-state index is 12.9. The van der Waals surface area contributed by atoms with Crippen LogP contribution in [0.4, 0.5) is 0 Å². The second-order valence-corrected chi connectivity index (χ2v) is 8.33. The third kappa shape index (κ3) is 6.16. The van der Waals surface area contributed by atoms with Gasteiger partial charge in [-0.2, -0.15) is 0 Å². The molecule has 0 spiro atoms. The molecule has 0 saturated carbocycles. The van der Waals surface area contributed by atoms with Gasteiger partial charge < -0.3 is 10.6 Å². The third-order valence-electron chi connectivity index (χ3n) is 3.98. The summed E-state index contributed by atoms with van der Waals surface area (Å²) in [5.74, 6) is -0.224. The van der Waals surface area contributed by atoms with Crippen LogP contribution in [-0.2, 0) is 16.4 Å². The largest absolute Gasteiger partial charge is 0.337 e. The summed E-state index contributed by atoms with van der Waals surface area (Å²) in [6, 6.07) is 15.8. The number of carbonyl (C=O) groups excluding carboxylic acids is 1. The average Bonchev–Trinajstić information content (AvgIpc) is 2.64. The topological polar surface area (TPSA) is 92.5 Å². The van der Waals surface area contributed by atoms with Gasteiger partial charge in [0, 0.05) is 31.2 Å². The minimum Gasteiger partial charge on any atom is -0.337 e. The van der Waals surface area contributed by atoms with Gasteiger partial charge in [-0.25, -0.2) is 13.1 Å². The van der Waals surface area contributed by atoms with Crippen molar-refractivity contribution < 1.29 is 13.2 Å². The number of hydrogen-bond donors (Lipinski definition) is 2. The SMILES string of the molecule is CC(C)NS(=O)(=O)c1cccc(C(=O)N(CCN)CCc2ccccc2)c1. The lowest BCUT2D eigenvalue weighted by Crippen LogP contribution is -2.37. The lowest BCUT2D eigenvalue weighted by molar-refractivity contribution is 0.0762. The van der Waals surface area contributed by atoms with Crippen molar-refractivity contribution in [1.29, 1.82) is 0 Å². The Morgan fingerprint density at radius 1 is 1.07 bits per heavy atom. The van der Waals surface area contributed by atoms with Gasteiger partial charge in [0.15, 0.2) is 0 Å². The molecule has 146 valence electrons. The van der Waals surface area contributed by atoms with Gasteiger partial charge in [-0.1, -0.05) is 36.4 Å². The van der Waals surface area contributed by atoms with E-state index in [0.717, 1.165) is 5.56 Å². The standard InChI is InChI=1S/C20H27N3O3S/c1-16(2)22-27(25,26)19-10-6-9-18(15-19)20(24)23(14-12-21)13-11-17-7-4-3-5-8-17/h3-10,15-16,22H,11-14,21H2,1-2H3.